The first-order valence-corrected chi connectivity index (χ1v) is 5.03. The van der Waals surface area contributed by atoms with Gasteiger partial charge in [0.1, 0.15) is 6.61 Å². The van der Waals surface area contributed by atoms with E-state index in [2.05, 4.69) is 15.4 Å². The van der Waals surface area contributed by atoms with Crippen LogP contribution in [0.5, 0.6) is 0 Å². The largest absolute Gasteiger partial charge is 0.506 e. The molecule has 0 aliphatic rings. The highest BCUT2D eigenvalue weighted by molar-refractivity contribution is 5.93. The summed E-state index contributed by atoms with van der Waals surface area (Å²) in [7, 11) is 0. The minimum Gasteiger partial charge on any atom is -0.450 e. The fourth-order valence-electron chi connectivity index (χ4n) is 1.17. The van der Waals surface area contributed by atoms with Crippen molar-refractivity contribution in [1.82, 2.24) is 5.32 Å². The normalized spacial score (nSPS) is 9.33. The Hall–Kier alpha value is -2.57. The van der Waals surface area contributed by atoms with E-state index in [0.717, 1.165) is 0 Å². The SMILES string of the molecule is O=CNCC(=O)Nc1ccc(COC(=O)O)cc1. The second-order valence-electron chi connectivity index (χ2n) is 3.30. The van der Waals surface area contributed by atoms with Gasteiger partial charge in [-0.25, -0.2) is 4.79 Å². The van der Waals surface area contributed by atoms with Crippen molar-refractivity contribution in [3.8, 4) is 0 Å². The molecule has 0 heterocycles. The number of benzene rings is 1. The van der Waals surface area contributed by atoms with Gasteiger partial charge >= 0.3 is 6.16 Å². The molecule has 0 aromatic heterocycles. The zero-order chi connectivity index (χ0) is 13.4. The van der Waals surface area contributed by atoms with E-state index in [4.69, 9.17) is 5.11 Å². The monoisotopic (exact) mass is 252 g/mol. The molecule has 0 bridgehead atoms. The smallest absolute Gasteiger partial charge is 0.450 e. The molecule has 0 fully saturated rings. The lowest BCUT2D eigenvalue weighted by Gasteiger charge is -2.06. The molecule has 0 saturated carbocycles. The predicted molar refractivity (Wildman–Crippen MR) is 62.0 cm³/mol. The molecule has 0 unspecified atom stereocenters. The maximum absolute atomic E-state index is 11.2. The van der Waals surface area contributed by atoms with Gasteiger partial charge in [-0.05, 0) is 17.7 Å². The van der Waals surface area contributed by atoms with E-state index < -0.39 is 6.16 Å². The average molecular weight is 252 g/mol. The number of nitrogens with one attached hydrogen (secondary N) is 2. The van der Waals surface area contributed by atoms with Crippen molar-refractivity contribution in [2.24, 2.45) is 0 Å². The van der Waals surface area contributed by atoms with E-state index in [1.807, 2.05) is 0 Å². The molecule has 0 radical (unpaired) electrons. The third-order valence-electron chi connectivity index (χ3n) is 1.95. The fourth-order valence-corrected chi connectivity index (χ4v) is 1.17. The summed E-state index contributed by atoms with van der Waals surface area (Å²) >= 11 is 0. The van der Waals surface area contributed by atoms with E-state index >= 15 is 0 Å². The van der Waals surface area contributed by atoms with Gasteiger partial charge < -0.3 is 20.5 Å². The van der Waals surface area contributed by atoms with Crippen LogP contribution in [-0.2, 0) is 20.9 Å². The topological polar surface area (TPSA) is 105 Å². The first-order chi connectivity index (χ1) is 8.61. The summed E-state index contributed by atoms with van der Waals surface area (Å²) < 4.78 is 4.38. The number of amides is 2. The second-order valence-corrected chi connectivity index (χ2v) is 3.30. The van der Waals surface area contributed by atoms with Crippen LogP contribution in [0.4, 0.5) is 10.5 Å². The van der Waals surface area contributed by atoms with Crippen LogP contribution < -0.4 is 10.6 Å². The number of hydrogen-bond acceptors (Lipinski definition) is 4. The summed E-state index contributed by atoms with van der Waals surface area (Å²) in [5, 5.41) is 13.1. The zero-order valence-corrected chi connectivity index (χ0v) is 9.38. The minimum absolute atomic E-state index is 0.0454. The Bertz CT molecular complexity index is 430. The molecule has 7 heteroatoms. The average Bonchev–Trinajstić information content (AvgIpc) is 2.35. The Balaban J connectivity index is 2.46. The first kappa shape index (κ1) is 13.5. The maximum Gasteiger partial charge on any atom is 0.506 e. The highest BCUT2D eigenvalue weighted by Crippen LogP contribution is 2.10. The minimum atomic E-state index is -1.34. The van der Waals surface area contributed by atoms with Crippen LogP contribution in [0.3, 0.4) is 0 Å². The van der Waals surface area contributed by atoms with Crippen molar-refractivity contribution < 1.29 is 24.2 Å². The summed E-state index contributed by atoms with van der Waals surface area (Å²) in [6.45, 7) is -0.149. The molecule has 0 aliphatic carbocycles. The number of hydrogen-bond donors (Lipinski definition) is 3. The molecule has 7 nitrogen and oxygen atoms in total. The van der Waals surface area contributed by atoms with Gasteiger partial charge in [-0.3, -0.25) is 9.59 Å². The number of carboxylic acid groups (broad SMARTS) is 1. The van der Waals surface area contributed by atoms with Gasteiger partial charge in [-0.1, -0.05) is 12.1 Å². The summed E-state index contributed by atoms with van der Waals surface area (Å²) in [5.41, 5.74) is 1.22. The van der Waals surface area contributed by atoms with E-state index in [1.165, 1.54) is 0 Å². The maximum atomic E-state index is 11.2. The Morgan fingerprint density at radius 1 is 1.28 bits per heavy atom. The van der Waals surface area contributed by atoms with Crippen molar-refractivity contribution in [3.63, 3.8) is 0 Å². The highest BCUT2D eigenvalue weighted by atomic mass is 16.7. The number of carbonyl (C=O) groups excluding carboxylic acids is 2. The molecule has 96 valence electrons. The molecule has 1 rings (SSSR count). The van der Waals surface area contributed by atoms with Gasteiger partial charge in [0, 0.05) is 5.69 Å². The van der Waals surface area contributed by atoms with Crippen LogP contribution in [-0.4, -0.2) is 30.1 Å². The van der Waals surface area contributed by atoms with Gasteiger partial charge in [-0.15, -0.1) is 0 Å². The summed E-state index contributed by atoms with van der Waals surface area (Å²) in [6.07, 6.45) is -0.904. The lowest BCUT2D eigenvalue weighted by Crippen LogP contribution is -2.26. The summed E-state index contributed by atoms with van der Waals surface area (Å²) in [6, 6.07) is 6.48. The molecule has 2 amide bonds. The van der Waals surface area contributed by atoms with Gasteiger partial charge in [0.05, 0.1) is 6.54 Å². The molecule has 0 aliphatic heterocycles. The van der Waals surface area contributed by atoms with Gasteiger partial charge in [0.25, 0.3) is 0 Å². The van der Waals surface area contributed by atoms with Crippen LogP contribution >= 0.6 is 0 Å². The van der Waals surface area contributed by atoms with Crippen molar-refractivity contribution in [2.75, 3.05) is 11.9 Å². The Kier molecular flexibility index (Phi) is 5.17. The molecule has 3 N–H and O–H groups in total. The molecular weight excluding hydrogens is 240 g/mol. The highest BCUT2D eigenvalue weighted by Gasteiger charge is 2.02. The van der Waals surface area contributed by atoms with E-state index in [0.29, 0.717) is 17.7 Å². The van der Waals surface area contributed by atoms with Gasteiger partial charge in [0.15, 0.2) is 0 Å². The van der Waals surface area contributed by atoms with Crippen LogP contribution in [0.2, 0.25) is 0 Å². The summed E-state index contributed by atoms with van der Waals surface area (Å²) in [4.78, 5) is 31.4. The van der Waals surface area contributed by atoms with Crippen LogP contribution in [0.1, 0.15) is 5.56 Å². The van der Waals surface area contributed by atoms with Crippen molar-refractivity contribution in [2.45, 2.75) is 6.61 Å². The molecule has 1 aromatic rings. The zero-order valence-electron chi connectivity index (χ0n) is 9.38. The molecule has 0 atom stereocenters. The van der Waals surface area contributed by atoms with E-state index in [1.54, 1.807) is 24.3 Å². The Morgan fingerprint density at radius 3 is 2.50 bits per heavy atom. The Morgan fingerprint density at radius 2 is 1.94 bits per heavy atom. The van der Waals surface area contributed by atoms with Crippen molar-refractivity contribution in [3.05, 3.63) is 29.8 Å². The fraction of sp³-hybridized carbons (Fsp3) is 0.182. The summed E-state index contributed by atoms with van der Waals surface area (Å²) in [5.74, 6) is -0.350. The van der Waals surface area contributed by atoms with Crippen LogP contribution in [0.15, 0.2) is 24.3 Å². The molecular formula is C11H12N2O5. The third kappa shape index (κ3) is 4.97. The number of ether oxygens (including phenoxy) is 1. The lowest BCUT2D eigenvalue weighted by molar-refractivity contribution is -0.118. The standard InChI is InChI=1S/C11H12N2O5/c14-7-12-5-10(15)13-9-3-1-8(2-4-9)6-18-11(16)17/h1-4,7H,5-6H2,(H,12,14)(H,13,15)(H,16,17). The number of carbonyl (C=O) groups is 3. The molecule has 18 heavy (non-hydrogen) atoms. The van der Waals surface area contributed by atoms with E-state index in [-0.39, 0.29) is 19.1 Å². The quantitative estimate of drug-likeness (QED) is 0.507. The lowest BCUT2D eigenvalue weighted by atomic mass is 10.2. The first-order valence-electron chi connectivity index (χ1n) is 5.03. The Labute approximate surface area is 103 Å². The second kappa shape index (κ2) is 6.89. The predicted octanol–water partition coefficient (Wildman–Crippen LogP) is 0.566. The molecule has 1 aromatic carbocycles. The number of rotatable bonds is 6. The molecule has 0 saturated heterocycles. The third-order valence-corrected chi connectivity index (χ3v) is 1.95. The molecule has 0 spiro atoms. The van der Waals surface area contributed by atoms with Crippen molar-refractivity contribution in [1.29, 1.82) is 0 Å². The van der Waals surface area contributed by atoms with Crippen LogP contribution in [0, 0.1) is 0 Å². The number of anilines is 1. The van der Waals surface area contributed by atoms with E-state index in [9.17, 15) is 14.4 Å². The van der Waals surface area contributed by atoms with Gasteiger partial charge in [0.2, 0.25) is 12.3 Å². The van der Waals surface area contributed by atoms with Gasteiger partial charge in [-0.2, -0.15) is 0 Å². The van der Waals surface area contributed by atoms with Crippen LogP contribution in [0.25, 0.3) is 0 Å². The van der Waals surface area contributed by atoms with Crippen molar-refractivity contribution >= 4 is 24.2 Å².